The molecule has 0 atom stereocenters. The molecule has 1 fully saturated rings. The quantitative estimate of drug-likeness (QED) is 0.857. The second-order valence-corrected chi connectivity index (χ2v) is 5.89. The van der Waals surface area contributed by atoms with E-state index in [0.29, 0.717) is 0 Å². The number of nitrogens with one attached hydrogen (secondary N) is 2. The van der Waals surface area contributed by atoms with Gasteiger partial charge >= 0.3 is 0 Å². The molecule has 0 unspecified atom stereocenters. The number of carbonyl (C=O) groups is 1. The zero-order chi connectivity index (χ0) is 13.9. The number of aromatic nitrogens is 1. The van der Waals surface area contributed by atoms with Gasteiger partial charge in [-0.3, -0.25) is 4.79 Å². The average Bonchev–Trinajstić information content (AvgIpc) is 2.89. The van der Waals surface area contributed by atoms with Gasteiger partial charge in [-0.15, -0.1) is 0 Å². The van der Waals surface area contributed by atoms with Crippen molar-refractivity contribution in [1.82, 2.24) is 4.98 Å². The largest absolute Gasteiger partial charge is 0.341 e. The van der Waals surface area contributed by atoms with Crippen molar-refractivity contribution in [2.45, 2.75) is 39.0 Å². The minimum atomic E-state index is 0.172. The number of rotatable bonds is 3. The summed E-state index contributed by atoms with van der Waals surface area (Å²) in [6.07, 6.45) is 5.70. The van der Waals surface area contributed by atoms with Crippen molar-refractivity contribution in [2.24, 2.45) is 11.8 Å². The molecular weight excluding hydrogens is 248 g/mol. The summed E-state index contributed by atoms with van der Waals surface area (Å²) < 4.78 is 0. The molecule has 2 N–H and O–H groups in total. The number of aromatic amines is 1. The Hall–Kier alpha value is -1.77. The van der Waals surface area contributed by atoms with Gasteiger partial charge in [0.25, 0.3) is 0 Å². The molecule has 1 heterocycles. The lowest BCUT2D eigenvalue weighted by Gasteiger charge is -2.26. The average molecular weight is 270 g/mol. The van der Waals surface area contributed by atoms with Gasteiger partial charge in [0.2, 0.25) is 5.91 Å². The van der Waals surface area contributed by atoms with Crippen LogP contribution in [0.4, 0.5) is 5.82 Å². The van der Waals surface area contributed by atoms with Crippen molar-refractivity contribution >= 4 is 22.6 Å². The molecule has 1 aromatic carbocycles. The van der Waals surface area contributed by atoms with Crippen molar-refractivity contribution in [2.75, 3.05) is 5.32 Å². The van der Waals surface area contributed by atoms with Crippen LogP contribution in [0.3, 0.4) is 0 Å². The minimum absolute atomic E-state index is 0.172. The molecule has 0 spiro atoms. The van der Waals surface area contributed by atoms with Crippen LogP contribution in [0.15, 0.2) is 30.3 Å². The van der Waals surface area contributed by atoms with Gasteiger partial charge in [-0.25, -0.2) is 0 Å². The molecule has 0 aliphatic heterocycles. The van der Waals surface area contributed by atoms with Crippen molar-refractivity contribution in [3.05, 3.63) is 30.3 Å². The lowest BCUT2D eigenvalue weighted by molar-refractivity contribution is -0.121. The first-order valence-corrected chi connectivity index (χ1v) is 7.65. The Morgan fingerprint density at radius 1 is 1.25 bits per heavy atom. The zero-order valence-electron chi connectivity index (χ0n) is 12.0. The lowest BCUT2D eigenvalue weighted by atomic mass is 9.80. The van der Waals surface area contributed by atoms with Crippen LogP contribution in [0, 0.1) is 11.8 Å². The zero-order valence-corrected chi connectivity index (χ0v) is 12.0. The number of para-hydroxylation sites is 1. The van der Waals surface area contributed by atoms with Crippen LogP contribution >= 0.6 is 0 Å². The Bertz CT molecular complexity index is 561. The van der Waals surface area contributed by atoms with E-state index >= 15 is 0 Å². The summed E-state index contributed by atoms with van der Waals surface area (Å²) in [6.45, 7) is 2.25. The van der Waals surface area contributed by atoms with Crippen molar-refractivity contribution in [3.63, 3.8) is 0 Å². The van der Waals surface area contributed by atoms with Crippen LogP contribution in [0.25, 0.3) is 10.9 Å². The highest BCUT2D eigenvalue weighted by atomic mass is 16.1. The van der Waals surface area contributed by atoms with Gasteiger partial charge in [0.1, 0.15) is 5.82 Å². The maximum Gasteiger partial charge on any atom is 0.228 e. The van der Waals surface area contributed by atoms with E-state index in [4.69, 9.17) is 0 Å². The number of fused-ring (bicyclic) bond motifs is 1. The standard InChI is InChI=1S/C17H22N2O/c1-2-12-7-9-13(10-8-12)17(20)19-16-11-14-5-3-4-6-15(14)18-16/h3-6,11-13,18H,2,7-10H2,1H3,(H,19,20). The molecule has 1 aliphatic rings. The maximum absolute atomic E-state index is 12.3. The number of hydrogen-bond acceptors (Lipinski definition) is 1. The fraction of sp³-hybridized carbons (Fsp3) is 0.471. The van der Waals surface area contributed by atoms with E-state index in [1.54, 1.807) is 0 Å². The topological polar surface area (TPSA) is 44.9 Å². The van der Waals surface area contributed by atoms with Crippen LogP contribution in [0.5, 0.6) is 0 Å². The first kappa shape index (κ1) is 13.2. The molecule has 1 aromatic heterocycles. The second kappa shape index (κ2) is 5.70. The van der Waals surface area contributed by atoms with Gasteiger partial charge in [0.15, 0.2) is 0 Å². The number of benzene rings is 1. The molecule has 106 valence electrons. The van der Waals surface area contributed by atoms with Gasteiger partial charge < -0.3 is 10.3 Å². The predicted octanol–water partition coefficient (Wildman–Crippen LogP) is 4.32. The Labute approximate surface area is 119 Å². The summed E-state index contributed by atoms with van der Waals surface area (Å²) in [5, 5.41) is 4.18. The lowest BCUT2D eigenvalue weighted by Crippen LogP contribution is -2.27. The highest BCUT2D eigenvalue weighted by molar-refractivity contribution is 5.95. The van der Waals surface area contributed by atoms with Crippen LogP contribution in [0.2, 0.25) is 0 Å². The minimum Gasteiger partial charge on any atom is -0.341 e. The van der Waals surface area contributed by atoms with Gasteiger partial charge in [-0.05, 0) is 43.7 Å². The SMILES string of the molecule is CCC1CCC(C(=O)Nc2cc3ccccc3[nH]2)CC1. The fourth-order valence-corrected chi connectivity index (χ4v) is 3.21. The summed E-state index contributed by atoms with van der Waals surface area (Å²) in [5.74, 6) is 2.00. The summed E-state index contributed by atoms with van der Waals surface area (Å²) in [5.41, 5.74) is 1.07. The third kappa shape index (κ3) is 2.72. The van der Waals surface area contributed by atoms with Crippen LogP contribution < -0.4 is 5.32 Å². The molecule has 1 saturated carbocycles. The van der Waals surface area contributed by atoms with Crippen molar-refractivity contribution in [1.29, 1.82) is 0 Å². The Balaban J connectivity index is 1.64. The number of H-pyrrole nitrogens is 1. The highest BCUT2D eigenvalue weighted by Crippen LogP contribution is 2.31. The highest BCUT2D eigenvalue weighted by Gasteiger charge is 2.25. The van der Waals surface area contributed by atoms with Crippen molar-refractivity contribution < 1.29 is 4.79 Å². The molecule has 2 aromatic rings. The molecule has 20 heavy (non-hydrogen) atoms. The van der Waals surface area contributed by atoms with Gasteiger partial charge in [0.05, 0.1) is 0 Å². The molecule has 3 rings (SSSR count). The van der Waals surface area contributed by atoms with Crippen LogP contribution in [-0.2, 0) is 4.79 Å². The Morgan fingerprint density at radius 3 is 2.70 bits per heavy atom. The third-order valence-corrected chi connectivity index (χ3v) is 4.58. The van der Waals surface area contributed by atoms with Crippen molar-refractivity contribution in [3.8, 4) is 0 Å². The summed E-state index contributed by atoms with van der Waals surface area (Å²) in [7, 11) is 0. The summed E-state index contributed by atoms with van der Waals surface area (Å²) in [4.78, 5) is 15.6. The molecule has 1 aliphatic carbocycles. The third-order valence-electron chi connectivity index (χ3n) is 4.58. The van der Waals surface area contributed by atoms with E-state index in [9.17, 15) is 4.79 Å². The van der Waals surface area contributed by atoms with Gasteiger partial charge in [0, 0.05) is 16.8 Å². The molecule has 0 saturated heterocycles. The smallest absolute Gasteiger partial charge is 0.228 e. The van der Waals surface area contributed by atoms with E-state index in [1.807, 2.05) is 30.3 Å². The molecular formula is C17H22N2O. The van der Waals surface area contributed by atoms with Gasteiger partial charge in [-0.2, -0.15) is 0 Å². The second-order valence-electron chi connectivity index (χ2n) is 5.89. The number of anilines is 1. The number of amides is 1. The first-order valence-electron chi connectivity index (χ1n) is 7.65. The molecule has 1 amide bonds. The number of carbonyl (C=O) groups excluding carboxylic acids is 1. The van der Waals surface area contributed by atoms with E-state index in [2.05, 4.69) is 17.2 Å². The summed E-state index contributed by atoms with van der Waals surface area (Å²) >= 11 is 0. The van der Waals surface area contributed by atoms with E-state index < -0.39 is 0 Å². The predicted molar refractivity (Wildman–Crippen MR) is 82.7 cm³/mol. The molecule has 3 heteroatoms. The molecule has 0 radical (unpaired) electrons. The maximum atomic E-state index is 12.3. The Kier molecular flexibility index (Phi) is 3.77. The monoisotopic (exact) mass is 270 g/mol. The first-order chi connectivity index (χ1) is 9.76. The van der Waals surface area contributed by atoms with Gasteiger partial charge in [-0.1, -0.05) is 31.5 Å². The van der Waals surface area contributed by atoms with E-state index in [-0.39, 0.29) is 11.8 Å². The Morgan fingerprint density at radius 2 is 2.00 bits per heavy atom. The van der Waals surface area contributed by atoms with Crippen LogP contribution in [-0.4, -0.2) is 10.9 Å². The number of hydrogen-bond donors (Lipinski definition) is 2. The van der Waals surface area contributed by atoms with E-state index in [1.165, 1.54) is 19.3 Å². The normalized spacial score (nSPS) is 22.9. The molecule has 0 bridgehead atoms. The van der Waals surface area contributed by atoms with E-state index in [0.717, 1.165) is 35.5 Å². The molecule has 3 nitrogen and oxygen atoms in total. The summed E-state index contributed by atoms with van der Waals surface area (Å²) in [6, 6.07) is 10.1. The fourth-order valence-electron chi connectivity index (χ4n) is 3.21. The van der Waals surface area contributed by atoms with Crippen LogP contribution in [0.1, 0.15) is 39.0 Å².